The summed E-state index contributed by atoms with van der Waals surface area (Å²) in [6, 6.07) is 5.47. The summed E-state index contributed by atoms with van der Waals surface area (Å²) < 4.78 is 33.5. The molecule has 0 atom stereocenters. The standard InChI is InChI=1S/C14H8O8S.Na/c15-9-5-3-1-2-4-6(5)10(16)8-7(9)11(17)13(19)14(12(8)18)23(20,21)22;/h1-4,17-19H,(H,20,21,22);/q;+1/p-1. The second kappa shape index (κ2) is 5.87. The van der Waals surface area contributed by atoms with Crippen LogP contribution >= 0.6 is 0 Å². The van der Waals surface area contributed by atoms with Crippen molar-refractivity contribution in [2.24, 2.45) is 0 Å². The molecule has 3 rings (SSSR count). The predicted molar refractivity (Wildman–Crippen MR) is 72.7 cm³/mol. The van der Waals surface area contributed by atoms with Crippen molar-refractivity contribution in [2.75, 3.05) is 0 Å². The van der Waals surface area contributed by atoms with E-state index in [2.05, 4.69) is 0 Å². The zero-order valence-corrected chi connectivity index (χ0v) is 14.9. The minimum atomic E-state index is -5.41. The fourth-order valence-electron chi connectivity index (χ4n) is 2.52. The maximum Gasteiger partial charge on any atom is 1.00 e. The number of phenolic OH excluding ortho intramolecular Hbond substituents is 3. The molecule has 0 heterocycles. The first-order valence-corrected chi connectivity index (χ1v) is 7.52. The van der Waals surface area contributed by atoms with Gasteiger partial charge in [0.15, 0.2) is 23.1 Å². The Bertz CT molecular complexity index is 1010. The Labute approximate surface area is 157 Å². The molecule has 0 aliphatic heterocycles. The van der Waals surface area contributed by atoms with E-state index in [1.807, 2.05) is 0 Å². The SMILES string of the molecule is O=C1c2ccccc2C(=O)c2c(O)c(S(=O)(=O)[O-])c(O)c(O)c21.[Na+]. The molecule has 118 valence electrons. The van der Waals surface area contributed by atoms with Crippen LogP contribution in [0.25, 0.3) is 0 Å². The average Bonchev–Trinajstić information content (AvgIpc) is 2.47. The van der Waals surface area contributed by atoms with E-state index in [1.165, 1.54) is 24.3 Å². The third-order valence-corrected chi connectivity index (χ3v) is 4.39. The van der Waals surface area contributed by atoms with Crippen LogP contribution in [0, 0.1) is 0 Å². The van der Waals surface area contributed by atoms with Gasteiger partial charge in [-0.1, -0.05) is 24.3 Å². The van der Waals surface area contributed by atoms with Gasteiger partial charge in [0.1, 0.15) is 20.8 Å². The second-order valence-corrected chi connectivity index (χ2v) is 6.10. The van der Waals surface area contributed by atoms with Gasteiger partial charge < -0.3 is 19.9 Å². The van der Waals surface area contributed by atoms with Crippen LogP contribution in [-0.4, -0.2) is 39.9 Å². The topological polar surface area (TPSA) is 152 Å². The Balaban J connectivity index is 0.00000208. The van der Waals surface area contributed by atoms with Crippen LogP contribution in [0.1, 0.15) is 31.8 Å². The van der Waals surface area contributed by atoms with Crippen LogP contribution in [0.15, 0.2) is 29.2 Å². The van der Waals surface area contributed by atoms with Crippen molar-refractivity contribution in [3.05, 3.63) is 46.5 Å². The zero-order chi connectivity index (χ0) is 17.1. The monoisotopic (exact) mass is 358 g/mol. The maximum atomic E-state index is 12.4. The molecule has 2 aromatic carbocycles. The van der Waals surface area contributed by atoms with Crippen molar-refractivity contribution < 1.29 is 67.4 Å². The summed E-state index contributed by atoms with van der Waals surface area (Å²) in [5.41, 5.74) is -1.80. The van der Waals surface area contributed by atoms with Gasteiger partial charge in [-0.05, 0) is 0 Å². The Morgan fingerprint density at radius 1 is 0.792 bits per heavy atom. The van der Waals surface area contributed by atoms with Gasteiger partial charge in [0.2, 0.25) is 0 Å². The van der Waals surface area contributed by atoms with E-state index in [-0.39, 0.29) is 40.7 Å². The van der Waals surface area contributed by atoms with Crippen molar-refractivity contribution in [1.29, 1.82) is 0 Å². The number of rotatable bonds is 1. The summed E-state index contributed by atoms with van der Waals surface area (Å²) in [4.78, 5) is 23.2. The molecule has 0 unspecified atom stereocenters. The van der Waals surface area contributed by atoms with Crippen LogP contribution in [0.3, 0.4) is 0 Å². The van der Waals surface area contributed by atoms with Crippen LogP contribution in [0.4, 0.5) is 0 Å². The number of ketones is 2. The Kier molecular flexibility index (Phi) is 4.51. The fraction of sp³-hybridized carbons (Fsp3) is 0. The van der Waals surface area contributed by atoms with Gasteiger partial charge >= 0.3 is 29.6 Å². The number of carbonyl (C=O) groups excluding carboxylic acids is 2. The summed E-state index contributed by atoms with van der Waals surface area (Å²) in [6.07, 6.45) is 0. The molecule has 0 bridgehead atoms. The number of hydrogen-bond donors (Lipinski definition) is 3. The first kappa shape index (κ1) is 18.4. The van der Waals surface area contributed by atoms with Gasteiger partial charge in [-0.15, -0.1) is 0 Å². The molecule has 2 aromatic rings. The third kappa shape index (κ3) is 2.41. The molecule has 10 heteroatoms. The van der Waals surface area contributed by atoms with Crippen molar-refractivity contribution in [3.8, 4) is 17.2 Å². The van der Waals surface area contributed by atoms with E-state index in [0.717, 1.165) is 0 Å². The molecule has 1 aliphatic carbocycles. The maximum absolute atomic E-state index is 12.4. The third-order valence-electron chi connectivity index (χ3n) is 3.50. The van der Waals surface area contributed by atoms with Crippen molar-refractivity contribution in [2.45, 2.75) is 4.90 Å². The van der Waals surface area contributed by atoms with Gasteiger partial charge in [0, 0.05) is 11.1 Å². The van der Waals surface area contributed by atoms with E-state index in [0.29, 0.717) is 0 Å². The normalized spacial score (nSPS) is 13.0. The second-order valence-electron chi connectivity index (χ2n) is 4.78. The number of aromatic hydroxyl groups is 3. The van der Waals surface area contributed by atoms with Crippen molar-refractivity contribution in [3.63, 3.8) is 0 Å². The summed E-state index contributed by atoms with van der Waals surface area (Å²) in [5.74, 6) is -5.93. The first-order chi connectivity index (χ1) is 10.7. The summed E-state index contributed by atoms with van der Waals surface area (Å²) in [5, 5.41) is 29.5. The van der Waals surface area contributed by atoms with E-state index in [1.54, 1.807) is 0 Å². The van der Waals surface area contributed by atoms with Gasteiger partial charge in [-0.3, -0.25) is 9.59 Å². The molecule has 0 aromatic heterocycles. The summed E-state index contributed by atoms with van der Waals surface area (Å²) in [6.45, 7) is 0. The molecule has 1 aliphatic rings. The Hall–Kier alpha value is -1.91. The number of benzene rings is 2. The number of phenols is 3. The molecule has 24 heavy (non-hydrogen) atoms. The van der Waals surface area contributed by atoms with Crippen LogP contribution in [0.5, 0.6) is 17.2 Å². The van der Waals surface area contributed by atoms with Crippen LogP contribution < -0.4 is 29.6 Å². The average molecular weight is 358 g/mol. The fourth-order valence-corrected chi connectivity index (χ4v) is 3.19. The minimum Gasteiger partial charge on any atom is -0.744 e. The van der Waals surface area contributed by atoms with E-state index in [4.69, 9.17) is 0 Å². The van der Waals surface area contributed by atoms with Crippen molar-refractivity contribution in [1.82, 2.24) is 0 Å². The van der Waals surface area contributed by atoms with E-state index in [9.17, 15) is 37.9 Å². The molecule has 0 spiro atoms. The van der Waals surface area contributed by atoms with Gasteiger partial charge in [-0.25, -0.2) is 8.42 Å². The quantitative estimate of drug-likeness (QED) is 0.187. The molecule has 0 saturated heterocycles. The minimum absolute atomic E-state index is 0. The van der Waals surface area contributed by atoms with Crippen LogP contribution in [0.2, 0.25) is 0 Å². The molecular formula is C14H7NaO8S. The Morgan fingerprint density at radius 2 is 1.21 bits per heavy atom. The van der Waals surface area contributed by atoms with E-state index < -0.39 is 55.0 Å². The first-order valence-electron chi connectivity index (χ1n) is 6.11. The number of hydrogen-bond acceptors (Lipinski definition) is 8. The number of carbonyl (C=O) groups is 2. The molecule has 3 N–H and O–H groups in total. The van der Waals surface area contributed by atoms with Crippen LogP contribution in [-0.2, 0) is 10.1 Å². The molecule has 0 amide bonds. The Morgan fingerprint density at radius 3 is 1.62 bits per heavy atom. The molecular weight excluding hydrogens is 351 g/mol. The van der Waals surface area contributed by atoms with Gasteiger partial charge in [0.05, 0.1) is 11.1 Å². The van der Waals surface area contributed by atoms with Gasteiger partial charge in [0.25, 0.3) is 0 Å². The summed E-state index contributed by atoms with van der Waals surface area (Å²) >= 11 is 0. The number of fused-ring (bicyclic) bond motifs is 2. The van der Waals surface area contributed by atoms with Crippen molar-refractivity contribution >= 4 is 21.7 Å². The molecule has 0 radical (unpaired) electrons. The predicted octanol–water partition coefficient (Wildman–Crippen LogP) is -2.51. The molecule has 8 nitrogen and oxygen atoms in total. The zero-order valence-electron chi connectivity index (χ0n) is 12.1. The van der Waals surface area contributed by atoms with Gasteiger partial charge in [-0.2, -0.15) is 0 Å². The van der Waals surface area contributed by atoms with E-state index >= 15 is 0 Å². The smallest absolute Gasteiger partial charge is 0.744 e. The molecule has 0 saturated carbocycles. The largest absolute Gasteiger partial charge is 1.00 e. The summed E-state index contributed by atoms with van der Waals surface area (Å²) in [7, 11) is -5.41. The molecule has 0 fully saturated rings.